The second-order valence-electron chi connectivity index (χ2n) is 5.55. The van der Waals surface area contributed by atoms with Crippen molar-refractivity contribution in [3.8, 4) is 5.75 Å². The minimum atomic E-state index is -0.385. The zero-order valence-electron chi connectivity index (χ0n) is 14.2. The Bertz CT molecular complexity index is 694. The Morgan fingerprint density at radius 2 is 1.67 bits per heavy atom. The van der Waals surface area contributed by atoms with Crippen LogP contribution in [0.4, 0.5) is 5.69 Å². The number of hydrazine groups is 1. The molecule has 5 nitrogen and oxygen atoms in total. The maximum atomic E-state index is 12.2. The first kappa shape index (κ1) is 17.4. The van der Waals surface area contributed by atoms with Gasteiger partial charge in [-0.25, -0.2) is 0 Å². The highest BCUT2D eigenvalue weighted by molar-refractivity contribution is 5.84. The van der Waals surface area contributed by atoms with Crippen molar-refractivity contribution in [1.82, 2.24) is 10.9 Å². The largest absolute Gasteiger partial charge is 0.497 e. The summed E-state index contributed by atoms with van der Waals surface area (Å²) in [7, 11) is 1.62. The van der Waals surface area contributed by atoms with E-state index >= 15 is 0 Å². The molecule has 1 unspecified atom stereocenters. The Morgan fingerprint density at radius 1 is 1.04 bits per heavy atom. The van der Waals surface area contributed by atoms with E-state index in [2.05, 4.69) is 22.7 Å². The molecule has 2 rings (SSSR count). The fraction of sp³-hybridized carbons (Fsp3) is 0.211. The van der Waals surface area contributed by atoms with Crippen molar-refractivity contribution in [1.29, 1.82) is 0 Å². The summed E-state index contributed by atoms with van der Waals surface area (Å²) in [4.78, 5) is 12.2. The molecule has 5 heteroatoms. The molecule has 0 heterocycles. The van der Waals surface area contributed by atoms with Crippen LogP contribution in [0.25, 0.3) is 5.70 Å². The maximum absolute atomic E-state index is 12.2. The van der Waals surface area contributed by atoms with E-state index < -0.39 is 0 Å². The topological polar surface area (TPSA) is 62.4 Å². The first-order chi connectivity index (χ1) is 11.5. The van der Waals surface area contributed by atoms with Crippen molar-refractivity contribution in [2.24, 2.45) is 0 Å². The molecule has 3 N–H and O–H groups in total. The van der Waals surface area contributed by atoms with E-state index in [0.29, 0.717) is 5.70 Å². The molecule has 126 valence electrons. The summed E-state index contributed by atoms with van der Waals surface area (Å²) in [5, 5.41) is 3.15. The van der Waals surface area contributed by atoms with E-state index in [1.165, 1.54) is 5.56 Å². The smallest absolute Gasteiger partial charge is 0.260 e. The predicted molar refractivity (Wildman–Crippen MR) is 97.6 cm³/mol. The summed E-state index contributed by atoms with van der Waals surface area (Å²) < 4.78 is 5.11. The molecule has 0 bridgehead atoms. The zero-order valence-corrected chi connectivity index (χ0v) is 14.2. The van der Waals surface area contributed by atoms with Crippen LogP contribution in [0.1, 0.15) is 18.1 Å². The van der Waals surface area contributed by atoms with Crippen molar-refractivity contribution in [2.45, 2.75) is 19.9 Å². The van der Waals surface area contributed by atoms with E-state index in [9.17, 15) is 4.79 Å². The Hall–Kier alpha value is -2.95. The Kier molecular flexibility index (Phi) is 5.84. The summed E-state index contributed by atoms with van der Waals surface area (Å²) in [5.74, 6) is 0.594. The maximum Gasteiger partial charge on any atom is 0.260 e. The molecule has 0 aliphatic heterocycles. The van der Waals surface area contributed by atoms with Gasteiger partial charge in [-0.3, -0.25) is 15.6 Å². The quantitative estimate of drug-likeness (QED) is 0.685. The molecule has 0 saturated carbocycles. The third-order valence-corrected chi connectivity index (χ3v) is 3.60. The number of amides is 1. The molecule has 0 saturated heterocycles. The lowest BCUT2D eigenvalue weighted by atomic mass is 10.2. The van der Waals surface area contributed by atoms with Crippen LogP contribution in [-0.4, -0.2) is 19.1 Å². The first-order valence-corrected chi connectivity index (χ1v) is 7.72. The standard InChI is InChI=1S/C19H23N3O2/c1-13-5-9-17(10-6-13)20-15(3)19(23)22-21-14(2)16-7-11-18(24-4)12-8-16/h5-12,15,20-21H,2H2,1,3-4H3,(H,22,23). The monoisotopic (exact) mass is 325 g/mol. The van der Waals surface area contributed by atoms with Gasteiger partial charge in [-0.05, 0) is 55.8 Å². The van der Waals surface area contributed by atoms with E-state index in [1.54, 1.807) is 14.0 Å². The van der Waals surface area contributed by atoms with Crippen LogP contribution in [0.15, 0.2) is 55.1 Å². The van der Waals surface area contributed by atoms with Gasteiger partial charge < -0.3 is 10.1 Å². The van der Waals surface area contributed by atoms with Gasteiger partial charge in [-0.15, -0.1) is 0 Å². The van der Waals surface area contributed by atoms with Gasteiger partial charge in [-0.1, -0.05) is 24.3 Å². The number of rotatable bonds is 7. The number of aryl methyl sites for hydroxylation is 1. The predicted octanol–water partition coefficient (Wildman–Crippen LogP) is 3.10. The minimum absolute atomic E-state index is 0.176. The minimum Gasteiger partial charge on any atom is -0.497 e. The molecular formula is C19H23N3O2. The molecule has 0 aliphatic carbocycles. The Morgan fingerprint density at radius 3 is 2.25 bits per heavy atom. The average molecular weight is 325 g/mol. The van der Waals surface area contributed by atoms with Gasteiger partial charge in [0.05, 0.1) is 12.8 Å². The van der Waals surface area contributed by atoms with Gasteiger partial charge in [0, 0.05) is 5.69 Å². The van der Waals surface area contributed by atoms with Gasteiger partial charge in [0.25, 0.3) is 5.91 Å². The van der Waals surface area contributed by atoms with Crippen molar-refractivity contribution < 1.29 is 9.53 Å². The molecule has 2 aromatic carbocycles. The average Bonchev–Trinajstić information content (AvgIpc) is 2.61. The van der Waals surface area contributed by atoms with Crippen molar-refractivity contribution >= 4 is 17.3 Å². The number of carbonyl (C=O) groups excluding carboxylic acids is 1. The van der Waals surface area contributed by atoms with Crippen LogP contribution in [0.5, 0.6) is 5.75 Å². The second-order valence-corrected chi connectivity index (χ2v) is 5.55. The lowest BCUT2D eigenvalue weighted by Gasteiger charge is -2.17. The van der Waals surface area contributed by atoms with Crippen molar-refractivity contribution in [3.05, 3.63) is 66.2 Å². The highest BCUT2D eigenvalue weighted by Crippen LogP contribution is 2.15. The van der Waals surface area contributed by atoms with Crippen LogP contribution in [0.2, 0.25) is 0 Å². The van der Waals surface area contributed by atoms with Gasteiger partial charge in [0.15, 0.2) is 0 Å². The van der Waals surface area contributed by atoms with Gasteiger partial charge >= 0.3 is 0 Å². The van der Waals surface area contributed by atoms with Crippen molar-refractivity contribution in [3.63, 3.8) is 0 Å². The fourth-order valence-electron chi connectivity index (χ4n) is 2.08. The lowest BCUT2D eigenvalue weighted by molar-refractivity contribution is -0.122. The fourth-order valence-corrected chi connectivity index (χ4v) is 2.08. The summed E-state index contributed by atoms with van der Waals surface area (Å²) in [5.41, 5.74) is 9.05. The SMILES string of the molecule is C=C(NNC(=O)C(C)Nc1ccc(C)cc1)c1ccc(OC)cc1. The highest BCUT2D eigenvalue weighted by Gasteiger charge is 2.12. The summed E-state index contributed by atoms with van der Waals surface area (Å²) in [6.45, 7) is 7.74. The number of carbonyl (C=O) groups is 1. The molecule has 1 amide bonds. The lowest BCUT2D eigenvalue weighted by Crippen LogP contribution is -2.44. The Labute approximate surface area is 142 Å². The molecule has 1 atom stereocenters. The van der Waals surface area contributed by atoms with E-state index in [1.807, 2.05) is 55.5 Å². The summed E-state index contributed by atoms with van der Waals surface area (Å²) in [6.07, 6.45) is 0. The number of benzene rings is 2. The third-order valence-electron chi connectivity index (χ3n) is 3.60. The van der Waals surface area contributed by atoms with Gasteiger partial charge in [0.1, 0.15) is 11.8 Å². The second kappa shape index (κ2) is 8.06. The molecular weight excluding hydrogens is 302 g/mol. The molecule has 0 aromatic heterocycles. The third kappa shape index (κ3) is 4.78. The summed E-state index contributed by atoms with van der Waals surface area (Å²) in [6, 6.07) is 14.9. The molecule has 2 aromatic rings. The van der Waals surface area contributed by atoms with Crippen LogP contribution >= 0.6 is 0 Å². The van der Waals surface area contributed by atoms with Crippen LogP contribution in [0, 0.1) is 6.92 Å². The summed E-state index contributed by atoms with van der Waals surface area (Å²) >= 11 is 0. The van der Waals surface area contributed by atoms with Gasteiger partial charge in [-0.2, -0.15) is 0 Å². The first-order valence-electron chi connectivity index (χ1n) is 7.72. The number of anilines is 1. The van der Waals surface area contributed by atoms with E-state index in [-0.39, 0.29) is 11.9 Å². The van der Waals surface area contributed by atoms with E-state index in [4.69, 9.17) is 4.74 Å². The van der Waals surface area contributed by atoms with E-state index in [0.717, 1.165) is 17.0 Å². The molecule has 0 radical (unpaired) electrons. The van der Waals surface area contributed by atoms with Crippen molar-refractivity contribution in [2.75, 3.05) is 12.4 Å². The number of methoxy groups -OCH3 is 1. The van der Waals surface area contributed by atoms with Crippen LogP contribution in [-0.2, 0) is 4.79 Å². The number of hydrogen-bond donors (Lipinski definition) is 3. The number of hydrogen-bond acceptors (Lipinski definition) is 4. The Balaban J connectivity index is 1.84. The normalized spacial score (nSPS) is 11.3. The van der Waals surface area contributed by atoms with Crippen LogP contribution < -0.4 is 20.9 Å². The highest BCUT2D eigenvalue weighted by atomic mass is 16.5. The molecule has 0 aliphatic rings. The van der Waals surface area contributed by atoms with Crippen LogP contribution in [0.3, 0.4) is 0 Å². The zero-order chi connectivity index (χ0) is 17.5. The molecule has 0 spiro atoms. The molecule has 24 heavy (non-hydrogen) atoms. The number of ether oxygens (including phenoxy) is 1. The molecule has 0 fully saturated rings. The van der Waals surface area contributed by atoms with Gasteiger partial charge in [0.2, 0.25) is 0 Å². The number of nitrogens with one attached hydrogen (secondary N) is 3.